The quantitative estimate of drug-likeness (QED) is 0.807. The topological polar surface area (TPSA) is 15.7 Å². The van der Waals surface area contributed by atoms with Crippen molar-refractivity contribution in [3.8, 4) is 5.75 Å². The van der Waals surface area contributed by atoms with E-state index in [0.29, 0.717) is 0 Å². The van der Waals surface area contributed by atoms with Crippen LogP contribution in [0.15, 0.2) is 49.0 Å². The Balaban J connectivity index is 1.70. The van der Waals surface area contributed by atoms with Crippen LogP contribution in [0.1, 0.15) is 23.6 Å². The number of rotatable bonds is 5. The Morgan fingerprint density at radius 1 is 1.04 bits per heavy atom. The Morgan fingerprint density at radius 3 is 2.32 bits per heavy atom. The van der Waals surface area contributed by atoms with Crippen LogP contribution >= 0.6 is 0 Å². The number of piperazine rings is 1. The molecule has 1 aliphatic heterocycles. The second-order valence-corrected chi connectivity index (χ2v) is 6.64. The van der Waals surface area contributed by atoms with Gasteiger partial charge in [-0.25, -0.2) is 0 Å². The van der Waals surface area contributed by atoms with Gasteiger partial charge in [-0.2, -0.15) is 0 Å². The number of aryl methyl sites for hydroxylation is 2. The second kappa shape index (κ2) is 7.64. The largest absolute Gasteiger partial charge is 0.496 e. The molecular weight excluding hydrogens is 308 g/mol. The van der Waals surface area contributed by atoms with Gasteiger partial charge in [0.15, 0.2) is 0 Å². The van der Waals surface area contributed by atoms with E-state index in [4.69, 9.17) is 4.74 Å². The molecule has 3 rings (SSSR count). The van der Waals surface area contributed by atoms with Gasteiger partial charge in [-0.1, -0.05) is 37.3 Å². The maximum absolute atomic E-state index is 5.56. The highest BCUT2D eigenvalue weighted by Gasteiger charge is 2.20. The van der Waals surface area contributed by atoms with Gasteiger partial charge >= 0.3 is 0 Å². The lowest BCUT2D eigenvalue weighted by Gasteiger charge is -2.38. The molecule has 0 saturated carbocycles. The average molecular weight is 336 g/mol. The summed E-state index contributed by atoms with van der Waals surface area (Å²) in [6.45, 7) is 12.7. The maximum atomic E-state index is 5.56. The smallest absolute Gasteiger partial charge is 0.128 e. The third-order valence-electron chi connectivity index (χ3n) is 5.04. The van der Waals surface area contributed by atoms with Crippen molar-refractivity contribution < 1.29 is 4.74 Å². The summed E-state index contributed by atoms with van der Waals surface area (Å²) in [4.78, 5) is 4.82. The third-order valence-corrected chi connectivity index (χ3v) is 5.04. The zero-order valence-electron chi connectivity index (χ0n) is 15.6. The summed E-state index contributed by atoms with van der Waals surface area (Å²) in [6.07, 6.45) is 1.02. The first kappa shape index (κ1) is 17.4. The third kappa shape index (κ3) is 3.81. The monoisotopic (exact) mass is 336 g/mol. The van der Waals surface area contributed by atoms with Crippen molar-refractivity contribution in [2.75, 3.05) is 38.2 Å². The van der Waals surface area contributed by atoms with Gasteiger partial charge in [0, 0.05) is 43.1 Å². The minimum absolute atomic E-state index is 0.906. The van der Waals surface area contributed by atoms with Crippen LogP contribution in [0, 0.1) is 6.92 Å². The van der Waals surface area contributed by atoms with Crippen LogP contribution in [0.25, 0.3) is 5.70 Å². The Morgan fingerprint density at radius 2 is 1.72 bits per heavy atom. The molecule has 1 saturated heterocycles. The van der Waals surface area contributed by atoms with Crippen molar-refractivity contribution in [2.45, 2.75) is 20.3 Å². The average Bonchev–Trinajstić information content (AvgIpc) is 2.67. The minimum atomic E-state index is 0.906. The molecule has 0 N–H and O–H groups in total. The summed E-state index contributed by atoms with van der Waals surface area (Å²) in [5.74, 6) is 0.906. The maximum Gasteiger partial charge on any atom is 0.128 e. The van der Waals surface area contributed by atoms with Crippen LogP contribution < -0.4 is 9.64 Å². The molecule has 0 atom stereocenters. The van der Waals surface area contributed by atoms with E-state index in [9.17, 15) is 0 Å². The summed E-state index contributed by atoms with van der Waals surface area (Å²) in [7, 11) is 1.73. The van der Waals surface area contributed by atoms with Crippen molar-refractivity contribution in [3.63, 3.8) is 0 Å². The number of anilines is 1. The molecule has 0 amide bonds. The Bertz CT molecular complexity index is 728. The van der Waals surface area contributed by atoms with Crippen LogP contribution in [0.3, 0.4) is 0 Å². The molecule has 0 spiro atoms. The molecule has 2 aromatic rings. The minimum Gasteiger partial charge on any atom is -0.496 e. The summed E-state index contributed by atoms with van der Waals surface area (Å²) in [6, 6.07) is 15.2. The number of nitrogens with zero attached hydrogens (tertiary/aromatic N) is 2. The predicted octanol–water partition coefficient (Wildman–Crippen LogP) is 4.36. The molecule has 1 heterocycles. The highest BCUT2D eigenvalue weighted by molar-refractivity contribution is 5.68. The molecule has 0 bridgehead atoms. The molecule has 2 aromatic carbocycles. The van der Waals surface area contributed by atoms with E-state index in [0.717, 1.165) is 49.6 Å². The fraction of sp³-hybridized carbons (Fsp3) is 0.364. The van der Waals surface area contributed by atoms with Crippen molar-refractivity contribution in [2.24, 2.45) is 0 Å². The van der Waals surface area contributed by atoms with Gasteiger partial charge in [-0.15, -0.1) is 0 Å². The van der Waals surface area contributed by atoms with Gasteiger partial charge in [0.1, 0.15) is 5.75 Å². The van der Waals surface area contributed by atoms with Crippen molar-refractivity contribution in [1.82, 2.24) is 4.90 Å². The number of methoxy groups -OCH3 is 1. The zero-order chi connectivity index (χ0) is 17.8. The lowest BCUT2D eigenvalue weighted by molar-refractivity contribution is 0.363. The predicted molar refractivity (Wildman–Crippen MR) is 106 cm³/mol. The van der Waals surface area contributed by atoms with E-state index in [1.54, 1.807) is 7.11 Å². The Labute approximate surface area is 151 Å². The fourth-order valence-corrected chi connectivity index (χ4v) is 3.36. The lowest BCUT2D eigenvalue weighted by atomic mass is 10.0. The Hall–Kier alpha value is -2.42. The van der Waals surface area contributed by atoms with Crippen LogP contribution in [0.4, 0.5) is 5.69 Å². The zero-order valence-corrected chi connectivity index (χ0v) is 15.6. The van der Waals surface area contributed by atoms with Gasteiger partial charge in [0.05, 0.1) is 7.11 Å². The van der Waals surface area contributed by atoms with Crippen molar-refractivity contribution in [3.05, 3.63) is 65.7 Å². The molecule has 1 fully saturated rings. The summed E-state index contributed by atoms with van der Waals surface area (Å²) < 4.78 is 5.56. The molecule has 0 aliphatic carbocycles. The highest BCUT2D eigenvalue weighted by Crippen LogP contribution is 2.30. The molecule has 132 valence electrons. The number of hydrogen-bond acceptors (Lipinski definition) is 3. The van der Waals surface area contributed by atoms with Gasteiger partial charge in [-0.05, 0) is 43.2 Å². The lowest BCUT2D eigenvalue weighted by Crippen LogP contribution is -2.45. The highest BCUT2D eigenvalue weighted by atomic mass is 16.5. The first-order valence-corrected chi connectivity index (χ1v) is 9.05. The van der Waals surface area contributed by atoms with E-state index in [1.807, 2.05) is 0 Å². The number of hydrogen-bond donors (Lipinski definition) is 0. The molecule has 3 heteroatoms. The van der Waals surface area contributed by atoms with E-state index < -0.39 is 0 Å². The molecule has 1 aliphatic rings. The van der Waals surface area contributed by atoms with Crippen LogP contribution in [0.2, 0.25) is 0 Å². The molecule has 0 aromatic heterocycles. The summed E-state index contributed by atoms with van der Waals surface area (Å²) >= 11 is 0. The van der Waals surface area contributed by atoms with Crippen molar-refractivity contribution in [1.29, 1.82) is 0 Å². The molecule has 25 heavy (non-hydrogen) atoms. The van der Waals surface area contributed by atoms with Gasteiger partial charge in [0.25, 0.3) is 0 Å². The first-order valence-electron chi connectivity index (χ1n) is 9.05. The SMILES string of the molecule is C=C(c1cc(CC)ccc1OC)N1CCN(c2ccc(C)cc2)CC1. The molecule has 0 radical (unpaired) electrons. The van der Waals surface area contributed by atoms with E-state index in [-0.39, 0.29) is 0 Å². The summed E-state index contributed by atoms with van der Waals surface area (Å²) in [5.41, 5.74) is 6.11. The van der Waals surface area contributed by atoms with E-state index >= 15 is 0 Å². The fourth-order valence-electron chi connectivity index (χ4n) is 3.36. The van der Waals surface area contributed by atoms with Crippen LogP contribution in [0.5, 0.6) is 5.75 Å². The molecule has 0 unspecified atom stereocenters. The van der Waals surface area contributed by atoms with E-state index in [1.165, 1.54) is 16.8 Å². The van der Waals surface area contributed by atoms with Crippen LogP contribution in [-0.2, 0) is 6.42 Å². The summed E-state index contributed by atoms with van der Waals surface area (Å²) in [5, 5.41) is 0. The number of benzene rings is 2. The van der Waals surface area contributed by atoms with Gasteiger partial charge in [-0.3, -0.25) is 0 Å². The normalized spacial score (nSPS) is 14.5. The molecule has 3 nitrogen and oxygen atoms in total. The Kier molecular flexibility index (Phi) is 5.32. The van der Waals surface area contributed by atoms with Gasteiger partial charge < -0.3 is 14.5 Å². The van der Waals surface area contributed by atoms with Crippen LogP contribution in [-0.4, -0.2) is 38.2 Å². The first-order chi connectivity index (χ1) is 12.1. The standard InChI is InChI=1S/C22H28N2O/c1-5-19-8-11-22(25-4)21(16-19)18(3)23-12-14-24(15-13-23)20-9-6-17(2)7-10-20/h6-11,16H,3,5,12-15H2,1-2,4H3. The van der Waals surface area contributed by atoms with Crippen molar-refractivity contribution >= 4 is 11.4 Å². The second-order valence-electron chi connectivity index (χ2n) is 6.64. The molecular formula is C22H28N2O. The van der Waals surface area contributed by atoms with Gasteiger partial charge in [0.2, 0.25) is 0 Å². The number of ether oxygens (including phenoxy) is 1. The van der Waals surface area contributed by atoms with E-state index in [2.05, 4.69) is 72.7 Å².